The first-order valence-corrected chi connectivity index (χ1v) is 8.55. The zero-order valence-corrected chi connectivity index (χ0v) is 13.5. The van der Waals surface area contributed by atoms with E-state index in [-0.39, 0.29) is 17.6 Å². The van der Waals surface area contributed by atoms with Crippen LogP contribution in [0.3, 0.4) is 0 Å². The molecule has 2 aromatic heterocycles. The number of carbonyl (C=O) groups is 1. The van der Waals surface area contributed by atoms with Gasteiger partial charge in [0.1, 0.15) is 0 Å². The highest BCUT2D eigenvalue weighted by molar-refractivity contribution is 5.97. The fourth-order valence-corrected chi connectivity index (χ4v) is 3.49. The quantitative estimate of drug-likeness (QED) is 0.759. The Bertz CT molecular complexity index is 1010. The Morgan fingerprint density at radius 3 is 2.88 bits per heavy atom. The molecule has 1 atom stereocenters. The molecule has 0 unspecified atom stereocenters. The predicted molar refractivity (Wildman–Crippen MR) is 88.2 cm³/mol. The van der Waals surface area contributed by atoms with Gasteiger partial charge in [0.25, 0.3) is 5.91 Å². The SMILES string of the molecule is O=C(c1ccc2[nH]c(=O)[nH]c2c1)N1CCC[C@H]1c1noc(C2CC2)n1. The van der Waals surface area contributed by atoms with Crippen LogP contribution >= 0.6 is 0 Å². The molecule has 2 aliphatic rings. The normalized spacial score (nSPS) is 20.5. The molecule has 0 bridgehead atoms. The number of nitrogens with zero attached hydrogens (tertiary/aromatic N) is 3. The zero-order valence-electron chi connectivity index (χ0n) is 13.5. The van der Waals surface area contributed by atoms with Crippen molar-refractivity contribution in [1.29, 1.82) is 0 Å². The Morgan fingerprint density at radius 1 is 1.20 bits per heavy atom. The number of hydrogen-bond acceptors (Lipinski definition) is 5. The van der Waals surface area contributed by atoms with E-state index in [9.17, 15) is 9.59 Å². The largest absolute Gasteiger partial charge is 0.339 e. The maximum absolute atomic E-state index is 13.0. The summed E-state index contributed by atoms with van der Waals surface area (Å²) in [5.41, 5.74) is 1.58. The van der Waals surface area contributed by atoms with Crippen LogP contribution in [-0.4, -0.2) is 37.5 Å². The molecule has 25 heavy (non-hydrogen) atoms. The number of carbonyl (C=O) groups excluding carboxylic acids is 1. The van der Waals surface area contributed by atoms with Gasteiger partial charge >= 0.3 is 5.69 Å². The average molecular weight is 339 g/mol. The highest BCUT2D eigenvalue weighted by Gasteiger charge is 2.36. The molecular weight excluding hydrogens is 322 g/mol. The number of amides is 1. The van der Waals surface area contributed by atoms with Crippen LogP contribution in [0.2, 0.25) is 0 Å². The Labute approximate surface area is 142 Å². The molecule has 3 heterocycles. The summed E-state index contributed by atoms with van der Waals surface area (Å²) in [4.78, 5) is 36.0. The third-order valence-corrected chi connectivity index (χ3v) is 4.96. The first kappa shape index (κ1) is 14.4. The molecular formula is C17H17N5O3. The number of likely N-dealkylation sites (tertiary alicyclic amines) is 1. The number of fused-ring (bicyclic) bond motifs is 1. The Hall–Kier alpha value is -2.90. The lowest BCUT2D eigenvalue weighted by atomic mass is 10.1. The molecule has 1 saturated heterocycles. The highest BCUT2D eigenvalue weighted by atomic mass is 16.5. The molecule has 1 saturated carbocycles. The highest BCUT2D eigenvalue weighted by Crippen LogP contribution is 2.40. The molecule has 1 amide bonds. The monoisotopic (exact) mass is 339 g/mol. The van der Waals surface area contributed by atoms with Crippen LogP contribution in [0.15, 0.2) is 27.5 Å². The van der Waals surface area contributed by atoms with Crippen LogP contribution in [0.5, 0.6) is 0 Å². The van der Waals surface area contributed by atoms with Crippen molar-refractivity contribution in [2.24, 2.45) is 0 Å². The lowest BCUT2D eigenvalue weighted by molar-refractivity contribution is 0.0728. The molecule has 3 aromatic rings. The Morgan fingerprint density at radius 2 is 2.04 bits per heavy atom. The Kier molecular flexibility index (Phi) is 3.06. The van der Waals surface area contributed by atoms with Gasteiger partial charge in [0, 0.05) is 18.0 Å². The van der Waals surface area contributed by atoms with E-state index >= 15 is 0 Å². The van der Waals surface area contributed by atoms with E-state index in [1.54, 1.807) is 23.1 Å². The number of benzene rings is 1. The fourth-order valence-electron chi connectivity index (χ4n) is 3.49. The summed E-state index contributed by atoms with van der Waals surface area (Å²) >= 11 is 0. The van der Waals surface area contributed by atoms with Gasteiger partial charge in [-0.15, -0.1) is 0 Å². The third-order valence-electron chi connectivity index (χ3n) is 4.96. The fraction of sp³-hybridized carbons (Fsp3) is 0.412. The summed E-state index contributed by atoms with van der Waals surface area (Å²) in [6.45, 7) is 0.665. The van der Waals surface area contributed by atoms with E-state index < -0.39 is 0 Å². The summed E-state index contributed by atoms with van der Waals surface area (Å²) in [7, 11) is 0. The minimum Gasteiger partial charge on any atom is -0.339 e. The average Bonchev–Trinajstić information content (AvgIpc) is 3.02. The number of nitrogens with one attached hydrogen (secondary N) is 2. The second-order valence-electron chi connectivity index (χ2n) is 6.76. The van der Waals surface area contributed by atoms with Crippen LogP contribution in [0.25, 0.3) is 11.0 Å². The van der Waals surface area contributed by atoms with Gasteiger partial charge in [-0.05, 0) is 43.9 Å². The summed E-state index contributed by atoms with van der Waals surface area (Å²) in [6.07, 6.45) is 3.94. The van der Waals surface area contributed by atoms with Crippen molar-refractivity contribution in [3.05, 3.63) is 46.0 Å². The number of aromatic amines is 2. The summed E-state index contributed by atoms with van der Waals surface area (Å²) in [6, 6.07) is 5.03. The molecule has 1 aliphatic heterocycles. The van der Waals surface area contributed by atoms with Crippen molar-refractivity contribution >= 4 is 16.9 Å². The maximum Gasteiger partial charge on any atom is 0.323 e. The molecule has 2 N–H and O–H groups in total. The summed E-state index contributed by atoms with van der Waals surface area (Å²) < 4.78 is 5.35. The smallest absolute Gasteiger partial charge is 0.323 e. The van der Waals surface area contributed by atoms with E-state index in [1.807, 2.05) is 0 Å². The number of aromatic nitrogens is 4. The minimum atomic E-state index is -0.280. The first-order chi connectivity index (χ1) is 12.2. The van der Waals surface area contributed by atoms with Gasteiger partial charge in [0.15, 0.2) is 5.82 Å². The standard InChI is InChI=1S/C17H17N5O3/c23-16(10-5-6-11-12(8-10)19-17(24)18-11)22-7-1-2-13(22)14-20-15(25-21-14)9-3-4-9/h5-6,8-9,13H,1-4,7H2,(H2,18,19,24)/t13-/m0/s1. The minimum absolute atomic E-state index is 0.0794. The van der Waals surface area contributed by atoms with Crippen LogP contribution in [0.4, 0.5) is 0 Å². The predicted octanol–water partition coefficient (Wildman–Crippen LogP) is 2.09. The van der Waals surface area contributed by atoms with E-state index in [2.05, 4.69) is 20.1 Å². The van der Waals surface area contributed by atoms with Gasteiger partial charge in [0.05, 0.1) is 17.1 Å². The van der Waals surface area contributed by atoms with Crippen LogP contribution in [0, 0.1) is 0 Å². The molecule has 0 radical (unpaired) electrons. The molecule has 5 rings (SSSR count). The lowest BCUT2D eigenvalue weighted by Crippen LogP contribution is -2.31. The molecule has 8 heteroatoms. The lowest BCUT2D eigenvalue weighted by Gasteiger charge is -2.22. The molecule has 128 valence electrons. The second-order valence-corrected chi connectivity index (χ2v) is 6.76. The second kappa shape index (κ2) is 5.30. The van der Waals surface area contributed by atoms with Crippen LogP contribution < -0.4 is 5.69 Å². The van der Waals surface area contributed by atoms with Crippen molar-refractivity contribution in [3.63, 3.8) is 0 Å². The van der Waals surface area contributed by atoms with Gasteiger partial charge in [-0.1, -0.05) is 5.16 Å². The zero-order chi connectivity index (χ0) is 17.0. The third kappa shape index (κ3) is 2.45. The van der Waals surface area contributed by atoms with E-state index in [0.29, 0.717) is 40.8 Å². The van der Waals surface area contributed by atoms with Gasteiger partial charge in [-0.3, -0.25) is 4.79 Å². The van der Waals surface area contributed by atoms with Crippen molar-refractivity contribution < 1.29 is 9.32 Å². The van der Waals surface area contributed by atoms with Crippen molar-refractivity contribution in [2.45, 2.75) is 37.6 Å². The van der Waals surface area contributed by atoms with Gasteiger partial charge < -0.3 is 19.4 Å². The number of imidazole rings is 1. The van der Waals surface area contributed by atoms with Crippen molar-refractivity contribution in [3.8, 4) is 0 Å². The van der Waals surface area contributed by atoms with E-state index in [4.69, 9.17) is 4.52 Å². The van der Waals surface area contributed by atoms with Gasteiger partial charge in [0.2, 0.25) is 5.89 Å². The Balaban J connectivity index is 1.44. The molecule has 0 spiro atoms. The van der Waals surface area contributed by atoms with Crippen molar-refractivity contribution in [2.75, 3.05) is 6.54 Å². The van der Waals surface area contributed by atoms with E-state index in [1.165, 1.54) is 0 Å². The molecule has 8 nitrogen and oxygen atoms in total. The maximum atomic E-state index is 13.0. The number of hydrogen-bond donors (Lipinski definition) is 2. The van der Waals surface area contributed by atoms with Crippen LogP contribution in [0.1, 0.15) is 59.7 Å². The van der Waals surface area contributed by atoms with E-state index in [0.717, 1.165) is 25.7 Å². The number of H-pyrrole nitrogens is 2. The topological polar surface area (TPSA) is 108 Å². The molecule has 1 aromatic carbocycles. The van der Waals surface area contributed by atoms with Crippen molar-refractivity contribution in [1.82, 2.24) is 25.0 Å². The van der Waals surface area contributed by atoms with Crippen LogP contribution in [-0.2, 0) is 0 Å². The number of rotatable bonds is 3. The summed E-state index contributed by atoms with van der Waals surface area (Å²) in [5.74, 6) is 1.62. The molecule has 2 fully saturated rings. The van der Waals surface area contributed by atoms with Gasteiger partial charge in [-0.25, -0.2) is 4.79 Å². The molecule has 1 aliphatic carbocycles. The van der Waals surface area contributed by atoms with Gasteiger partial charge in [-0.2, -0.15) is 4.98 Å². The first-order valence-electron chi connectivity index (χ1n) is 8.55. The summed E-state index contributed by atoms with van der Waals surface area (Å²) in [5, 5.41) is 4.11.